The summed E-state index contributed by atoms with van der Waals surface area (Å²) in [4.78, 5) is 16.1. The zero-order valence-electron chi connectivity index (χ0n) is 35.5. The van der Waals surface area contributed by atoms with Crippen LogP contribution in [0.25, 0.3) is 116 Å². The minimum absolute atomic E-state index is 0.141. The maximum Gasteiger partial charge on any atom is 0.238 e. The molecule has 63 heavy (non-hydrogen) atoms. The van der Waals surface area contributed by atoms with Crippen molar-refractivity contribution in [1.29, 1.82) is 0 Å². The van der Waals surface area contributed by atoms with E-state index in [9.17, 15) is 0 Å². The highest BCUT2D eigenvalue weighted by atomic mass is 16.3. The van der Waals surface area contributed by atoms with E-state index in [1.165, 1.54) is 22.3 Å². The molecule has 0 aliphatic heterocycles. The first-order valence-electron chi connectivity index (χ1n) is 21.8. The van der Waals surface area contributed by atoms with E-state index in [1.54, 1.807) is 0 Å². The Morgan fingerprint density at radius 2 is 0.984 bits per heavy atom. The first-order valence-corrected chi connectivity index (χ1v) is 21.8. The molecule has 0 bridgehead atoms. The fourth-order valence-electron chi connectivity index (χ4n) is 10.0. The third-order valence-corrected chi connectivity index (χ3v) is 13.0. The van der Waals surface area contributed by atoms with Crippen molar-refractivity contribution in [2.45, 2.75) is 33.1 Å². The smallest absolute Gasteiger partial charge is 0.238 e. The summed E-state index contributed by atoms with van der Waals surface area (Å²) in [7, 11) is 0. The van der Waals surface area contributed by atoms with Gasteiger partial charge in [-0.2, -0.15) is 9.97 Å². The Morgan fingerprint density at radius 3 is 1.84 bits per heavy atom. The van der Waals surface area contributed by atoms with Crippen molar-refractivity contribution < 1.29 is 4.42 Å². The molecular weight excluding hydrogens is 769 g/mol. The van der Waals surface area contributed by atoms with E-state index in [2.05, 4.69) is 182 Å². The molecule has 0 saturated heterocycles. The molecule has 0 radical (unpaired) electrons. The van der Waals surface area contributed by atoms with Crippen LogP contribution in [0.3, 0.4) is 0 Å². The molecule has 0 fully saturated rings. The second kappa shape index (κ2) is 14.1. The van der Waals surface area contributed by atoms with Crippen molar-refractivity contribution in [2.75, 3.05) is 0 Å². The maximum atomic E-state index is 6.40. The lowest BCUT2D eigenvalue weighted by Crippen LogP contribution is -2.14. The number of furan rings is 1. The van der Waals surface area contributed by atoms with Crippen LogP contribution < -0.4 is 0 Å². The van der Waals surface area contributed by atoms with Crippen LogP contribution in [0.2, 0.25) is 0 Å². The maximum absolute atomic E-state index is 6.40. The van der Waals surface area contributed by atoms with Crippen LogP contribution in [0.4, 0.5) is 0 Å². The van der Waals surface area contributed by atoms with Gasteiger partial charge in [-0.05, 0) is 74.3 Å². The summed E-state index contributed by atoms with van der Waals surface area (Å²) in [5.74, 6) is 1.72. The zero-order valence-corrected chi connectivity index (χ0v) is 35.5. The van der Waals surface area contributed by atoms with Crippen molar-refractivity contribution in [3.63, 3.8) is 0 Å². The quantitative estimate of drug-likeness (QED) is 0.178. The van der Waals surface area contributed by atoms with E-state index in [-0.39, 0.29) is 5.41 Å². The number of fused-ring (bicyclic) bond motifs is 12. The van der Waals surface area contributed by atoms with Gasteiger partial charge in [0.15, 0.2) is 11.6 Å². The van der Waals surface area contributed by atoms with Gasteiger partial charge in [-0.25, -0.2) is 4.98 Å². The second-order valence-electron chi connectivity index (χ2n) is 16.8. The number of nitrogens with zero attached hydrogens (tertiary/aromatic N) is 4. The first-order chi connectivity index (χ1) is 31.0. The van der Waals surface area contributed by atoms with Crippen LogP contribution in [0.15, 0.2) is 186 Å². The lowest BCUT2D eigenvalue weighted by Gasteiger charge is -2.22. The number of aromatic nitrogens is 4. The van der Waals surface area contributed by atoms with E-state index >= 15 is 0 Å². The van der Waals surface area contributed by atoms with Gasteiger partial charge in [0.2, 0.25) is 5.95 Å². The number of hydrogen-bond donors (Lipinski definition) is 0. The van der Waals surface area contributed by atoms with Gasteiger partial charge in [0.1, 0.15) is 11.2 Å². The van der Waals surface area contributed by atoms with E-state index in [4.69, 9.17) is 19.4 Å². The van der Waals surface area contributed by atoms with Gasteiger partial charge in [0.25, 0.3) is 0 Å². The molecule has 0 unspecified atom stereocenters. The van der Waals surface area contributed by atoms with Crippen LogP contribution in [0, 0.1) is 0 Å². The Hall–Kier alpha value is -7.89. The molecule has 300 valence electrons. The van der Waals surface area contributed by atoms with Crippen LogP contribution in [-0.4, -0.2) is 19.5 Å². The monoisotopic (exact) mass is 810 g/mol. The highest BCUT2D eigenvalue weighted by Gasteiger charge is 2.35. The summed E-state index contributed by atoms with van der Waals surface area (Å²) in [6, 6.07) is 64.9. The molecular formula is C58H42N4O. The molecule has 0 N–H and O–H groups in total. The third kappa shape index (κ3) is 5.59. The van der Waals surface area contributed by atoms with Crippen LogP contribution in [0.1, 0.15) is 38.8 Å². The number of rotatable bonds is 4. The molecule has 0 atom stereocenters. The largest absolute Gasteiger partial charge is 0.456 e. The topological polar surface area (TPSA) is 56.7 Å². The van der Waals surface area contributed by atoms with Crippen LogP contribution in [-0.2, 0) is 5.41 Å². The summed E-state index contributed by atoms with van der Waals surface area (Å²) in [6.07, 6.45) is 0. The lowest BCUT2D eigenvalue weighted by atomic mass is 9.81. The average Bonchev–Trinajstić information content (AvgIpc) is 3.97. The normalized spacial score (nSPS) is 12.9. The molecule has 0 spiro atoms. The summed E-state index contributed by atoms with van der Waals surface area (Å²) >= 11 is 0. The summed E-state index contributed by atoms with van der Waals surface area (Å²) in [5.41, 5.74) is 13.0. The average molecular weight is 811 g/mol. The van der Waals surface area contributed by atoms with E-state index in [0.717, 1.165) is 87.5 Å². The van der Waals surface area contributed by atoms with Crippen molar-refractivity contribution in [3.05, 3.63) is 193 Å². The molecule has 3 heterocycles. The molecule has 1 aliphatic carbocycles. The molecule has 0 amide bonds. The molecule has 9 aromatic carbocycles. The van der Waals surface area contributed by atoms with Gasteiger partial charge in [0.05, 0.1) is 11.0 Å². The van der Waals surface area contributed by atoms with Crippen molar-refractivity contribution >= 4 is 65.3 Å². The minimum Gasteiger partial charge on any atom is -0.456 e. The Labute approximate surface area is 365 Å². The second-order valence-corrected chi connectivity index (χ2v) is 16.8. The molecule has 3 aromatic heterocycles. The van der Waals surface area contributed by atoms with Gasteiger partial charge in [-0.3, -0.25) is 4.57 Å². The van der Waals surface area contributed by atoms with E-state index in [0.29, 0.717) is 17.6 Å². The predicted molar refractivity (Wildman–Crippen MR) is 262 cm³/mol. The highest BCUT2D eigenvalue weighted by molar-refractivity contribution is 6.21. The highest BCUT2D eigenvalue weighted by Crippen LogP contribution is 2.50. The molecule has 13 rings (SSSR count). The SMILES string of the molecule is CC.CC1(C)c2ccccc2-c2ccc(-c3cccc4c5ccc6ccccc6c5n(-c5nc(-c6ccc7ccccc7c6)nc(-c6ccc7c(c6)oc6ccccc67)n5)c34)cc21. The van der Waals surface area contributed by atoms with Crippen molar-refractivity contribution in [3.8, 4) is 51.0 Å². The molecule has 1 aliphatic rings. The Kier molecular flexibility index (Phi) is 8.25. The molecule has 5 heteroatoms. The number of para-hydroxylation sites is 2. The third-order valence-electron chi connectivity index (χ3n) is 13.0. The molecule has 5 nitrogen and oxygen atoms in total. The van der Waals surface area contributed by atoms with Crippen molar-refractivity contribution in [1.82, 2.24) is 19.5 Å². The zero-order chi connectivity index (χ0) is 42.4. The van der Waals surface area contributed by atoms with Gasteiger partial charge >= 0.3 is 0 Å². The lowest BCUT2D eigenvalue weighted by molar-refractivity contribution is 0.660. The number of benzene rings is 9. The standard InChI is InChI=1S/C56H36N4O.C2H6/c1-56(2)47-20-9-7-16-41(47)42-27-25-36(31-48(42)56)40-18-11-19-45-46-29-24-34-13-5-6-15-39(34)51(46)60(52(40)45)55-58-53(37-23-22-33-12-3-4-14-35(33)30-37)57-54(59-55)38-26-28-44-43-17-8-10-21-49(43)61-50(44)32-38;1-2/h3-32H,1-2H3;1-2H3. The summed E-state index contributed by atoms with van der Waals surface area (Å²) < 4.78 is 8.70. The summed E-state index contributed by atoms with van der Waals surface area (Å²) in [6.45, 7) is 8.68. The molecule has 0 saturated carbocycles. The van der Waals surface area contributed by atoms with Gasteiger partial charge in [-0.15, -0.1) is 0 Å². The van der Waals surface area contributed by atoms with Crippen LogP contribution >= 0.6 is 0 Å². The van der Waals surface area contributed by atoms with Gasteiger partial charge in [-0.1, -0.05) is 179 Å². The van der Waals surface area contributed by atoms with Crippen molar-refractivity contribution in [2.24, 2.45) is 0 Å². The Morgan fingerprint density at radius 1 is 0.397 bits per heavy atom. The number of hydrogen-bond acceptors (Lipinski definition) is 4. The first kappa shape index (κ1) is 36.9. The van der Waals surface area contributed by atoms with Gasteiger partial charge < -0.3 is 4.42 Å². The summed E-state index contributed by atoms with van der Waals surface area (Å²) in [5, 5.41) is 8.99. The van der Waals surface area contributed by atoms with Gasteiger partial charge in [0, 0.05) is 49.0 Å². The fraction of sp³-hybridized carbons (Fsp3) is 0.0862. The predicted octanol–water partition coefficient (Wildman–Crippen LogP) is 15.5. The minimum atomic E-state index is -0.141. The van der Waals surface area contributed by atoms with Crippen LogP contribution in [0.5, 0.6) is 0 Å². The Bertz CT molecular complexity index is 3810. The Balaban J connectivity index is 0.00000208. The fourth-order valence-corrected chi connectivity index (χ4v) is 10.0. The molecule has 12 aromatic rings. The van der Waals surface area contributed by atoms with E-state index < -0.39 is 0 Å². The van der Waals surface area contributed by atoms with E-state index in [1.807, 2.05) is 32.0 Å².